The Kier molecular flexibility index (Phi) is 3.82. The van der Waals surface area contributed by atoms with Crippen LogP contribution in [0.4, 0.5) is 4.39 Å². The van der Waals surface area contributed by atoms with Crippen LogP contribution in [0.1, 0.15) is 10.5 Å². The number of nitrogens with zero attached hydrogens (tertiary/aromatic N) is 2. The molecule has 0 aliphatic heterocycles. The summed E-state index contributed by atoms with van der Waals surface area (Å²) in [6, 6.07) is 13.6. The quantitative estimate of drug-likeness (QED) is 0.501. The fourth-order valence-electron chi connectivity index (χ4n) is 2.77. The van der Waals surface area contributed by atoms with Crippen LogP contribution in [-0.2, 0) is 0 Å². The molecule has 4 nitrogen and oxygen atoms in total. The Morgan fingerprint density at radius 1 is 1.08 bits per heavy atom. The van der Waals surface area contributed by atoms with Crippen LogP contribution in [0.5, 0.6) is 5.75 Å². The van der Waals surface area contributed by atoms with E-state index in [4.69, 9.17) is 4.74 Å². The van der Waals surface area contributed by atoms with Gasteiger partial charge in [-0.3, -0.25) is 9.20 Å². The normalized spacial score (nSPS) is 11.0. The zero-order chi connectivity index (χ0) is 17.4. The van der Waals surface area contributed by atoms with Crippen molar-refractivity contribution < 1.29 is 13.9 Å². The summed E-state index contributed by atoms with van der Waals surface area (Å²) in [7, 11) is 1.60. The first kappa shape index (κ1) is 15.5. The molecule has 4 rings (SSSR count). The van der Waals surface area contributed by atoms with Crippen molar-refractivity contribution in [3.05, 3.63) is 65.4 Å². The van der Waals surface area contributed by atoms with Gasteiger partial charge in [0.1, 0.15) is 23.0 Å². The average Bonchev–Trinajstić information content (AvgIpc) is 3.21. The number of hydrogen-bond donors (Lipinski definition) is 0. The summed E-state index contributed by atoms with van der Waals surface area (Å²) in [5.74, 6) is 0.444. The summed E-state index contributed by atoms with van der Waals surface area (Å²) in [6.45, 7) is 0. The Balaban J connectivity index is 1.90. The number of rotatable bonds is 4. The number of fused-ring (bicyclic) bond motifs is 1. The zero-order valence-corrected chi connectivity index (χ0v) is 14.1. The number of ether oxygens (including phenoxy) is 1. The number of benzene rings is 2. The Labute approximate surface area is 147 Å². The lowest BCUT2D eigenvalue weighted by Gasteiger charge is -2.04. The van der Waals surface area contributed by atoms with Gasteiger partial charge in [0.15, 0.2) is 11.2 Å². The van der Waals surface area contributed by atoms with Gasteiger partial charge < -0.3 is 4.74 Å². The number of thiazole rings is 1. The third-order valence-electron chi connectivity index (χ3n) is 4.01. The van der Waals surface area contributed by atoms with E-state index in [1.165, 1.54) is 23.5 Å². The molecule has 0 aliphatic rings. The molecule has 0 N–H and O–H groups in total. The fraction of sp³-hybridized carbons (Fsp3) is 0.0526. The molecule has 6 heteroatoms. The van der Waals surface area contributed by atoms with E-state index in [0.29, 0.717) is 16.3 Å². The highest BCUT2D eigenvalue weighted by Gasteiger charge is 2.18. The van der Waals surface area contributed by atoms with Crippen LogP contribution in [-0.4, -0.2) is 22.8 Å². The Morgan fingerprint density at radius 3 is 2.40 bits per heavy atom. The van der Waals surface area contributed by atoms with Gasteiger partial charge in [0.25, 0.3) is 0 Å². The molecule has 0 amide bonds. The highest BCUT2D eigenvalue weighted by Crippen LogP contribution is 2.32. The van der Waals surface area contributed by atoms with Gasteiger partial charge in [0.05, 0.1) is 12.8 Å². The molecule has 4 aromatic rings. The lowest BCUT2D eigenvalue weighted by atomic mass is 10.1. The number of aromatic nitrogens is 2. The van der Waals surface area contributed by atoms with Crippen LogP contribution in [0.15, 0.2) is 53.9 Å². The molecule has 0 radical (unpaired) electrons. The zero-order valence-electron chi connectivity index (χ0n) is 13.3. The lowest BCUT2D eigenvalue weighted by molar-refractivity contribution is 0.111. The summed E-state index contributed by atoms with van der Waals surface area (Å²) in [6.07, 6.45) is 0.805. The van der Waals surface area contributed by atoms with Crippen molar-refractivity contribution in [1.82, 2.24) is 9.38 Å². The fourth-order valence-corrected chi connectivity index (χ4v) is 3.68. The van der Waals surface area contributed by atoms with Crippen molar-refractivity contribution in [2.75, 3.05) is 7.11 Å². The van der Waals surface area contributed by atoms with Crippen LogP contribution < -0.4 is 4.74 Å². The summed E-state index contributed by atoms with van der Waals surface area (Å²) in [4.78, 5) is 17.1. The van der Waals surface area contributed by atoms with E-state index in [1.54, 1.807) is 19.2 Å². The minimum absolute atomic E-state index is 0.296. The Morgan fingerprint density at radius 2 is 1.76 bits per heavy atom. The standard InChI is InChI=1S/C19H13FN2O2S/c1-24-15-8-4-13(5-9-15)18-16(10-23)22-17(11-25-19(22)21-18)12-2-6-14(20)7-3-12/h2-11H,1H3. The average molecular weight is 352 g/mol. The van der Waals surface area contributed by atoms with E-state index in [9.17, 15) is 9.18 Å². The smallest absolute Gasteiger partial charge is 0.195 e. The van der Waals surface area contributed by atoms with Crippen LogP contribution in [0, 0.1) is 5.82 Å². The minimum Gasteiger partial charge on any atom is -0.497 e. The van der Waals surface area contributed by atoms with E-state index in [1.807, 2.05) is 34.0 Å². The number of hydrogen-bond acceptors (Lipinski definition) is 4. The van der Waals surface area contributed by atoms with E-state index >= 15 is 0 Å². The van der Waals surface area contributed by atoms with E-state index < -0.39 is 0 Å². The van der Waals surface area contributed by atoms with Gasteiger partial charge >= 0.3 is 0 Å². The maximum absolute atomic E-state index is 13.2. The minimum atomic E-state index is -0.296. The molecule has 124 valence electrons. The molecule has 0 aliphatic carbocycles. The molecule has 0 fully saturated rings. The molecule has 0 unspecified atom stereocenters. The van der Waals surface area contributed by atoms with Crippen LogP contribution in [0.3, 0.4) is 0 Å². The van der Waals surface area contributed by atoms with Crippen LogP contribution >= 0.6 is 11.3 Å². The molecule has 2 heterocycles. The van der Waals surface area contributed by atoms with Crippen molar-refractivity contribution in [2.45, 2.75) is 0 Å². The number of halogens is 1. The van der Waals surface area contributed by atoms with Crippen LogP contribution in [0.2, 0.25) is 0 Å². The molecule has 0 saturated heterocycles. The van der Waals surface area contributed by atoms with Gasteiger partial charge in [0, 0.05) is 10.9 Å². The summed E-state index contributed by atoms with van der Waals surface area (Å²) >= 11 is 1.44. The van der Waals surface area contributed by atoms with Crippen molar-refractivity contribution in [1.29, 1.82) is 0 Å². The second kappa shape index (κ2) is 6.14. The monoisotopic (exact) mass is 352 g/mol. The maximum atomic E-state index is 13.2. The second-order valence-corrected chi connectivity index (χ2v) is 6.27. The molecule has 0 atom stereocenters. The first-order valence-corrected chi connectivity index (χ1v) is 8.44. The second-order valence-electron chi connectivity index (χ2n) is 5.44. The molecule has 0 spiro atoms. The maximum Gasteiger partial charge on any atom is 0.195 e. The topological polar surface area (TPSA) is 43.6 Å². The number of imidazole rings is 1. The SMILES string of the molecule is COc1ccc(-c2nc3scc(-c4ccc(F)cc4)n3c2C=O)cc1. The van der Waals surface area contributed by atoms with Crippen molar-refractivity contribution in [2.24, 2.45) is 0 Å². The largest absolute Gasteiger partial charge is 0.497 e. The summed E-state index contributed by atoms with van der Waals surface area (Å²) in [5, 5.41) is 1.92. The van der Waals surface area contributed by atoms with Gasteiger partial charge in [-0.2, -0.15) is 0 Å². The van der Waals surface area contributed by atoms with Crippen molar-refractivity contribution in [3.8, 4) is 28.3 Å². The van der Waals surface area contributed by atoms with Crippen molar-refractivity contribution in [3.63, 3.8) is 0 Å². The third kappa shape index (κ3) is 2.60. The van der Waals surface area contributed by atoms with Gasteiger partial charge in [-0.05, 0) is 54.1 Å². The summed E-state index contributed by atoms with van der Waals surface area (Å²) < 4.78 is 20.2. The lowest BCUT2D eigenvalue weighted by Crippen LogP contribution is -1.94. The van der Waals surface area contributed by atoms with Crippen LogP contribution in [0.25, 0.3) is 27.5 Å². The first-order chi connectivity index (χ1) is 12.2. The third-order valence-corrected chi connectivity index (χ3v) is 4.84. The molecule has 25 heavy (non-hydrogen) atoms. The van der Waals surface area contributed by atoms with Gasteiger partial charge in [-0.15, -0.1) is 11.3 Å². The molecule has 2 aromatic heterocycles. The van der Waals surface area contributed by atoms with Gasteiger partial charge in [-0.25, -0.2) is 9.37 Å². The molecular formula is C19H13FN2O2S. The number of methoxy groups -OCH3 is 1. The van der Waals surface area contributed by atoms with Gasteiger partial charge in [-0.1, -0.05) is 0 Å². The highest BCUT2D eigenvalue weighted by atomic mass is 32.1. The first-order valence-electron chi connectivity index (χ1n) is 7.57. The van der Waals surface area contributed by atoms with E-state index in [0.717, 1.165) is 28.9 Å². The number of aldehydes is 1. The van der Waals surface area contributed by atoms with Gasteiger partial charge in [0.2, 0.25) is 0 Å². The molecule has 0 bridgehead atoms. The molecule has 2 aromatic carbocycles. The molecule has 0 saturated carbocycles. The molecular weight excluding hydrogens is 339 g/mol. The Hall–Kier alpha value is -2.99. The summed E-state index contributed by atoms with van der Waals surface area (Å²) in [5.41, 5.74) is 3.57. The predicted octanol–water partition coefficient (Wildman–Crippen LogP) is 4.69. The Bertz CT molecular complexity index is 1050. The predicted molar refractivity (Wildman–Crippen MR) is 95.8 cm³/mol. The van der Waals surface area contributed by atoms with E-state index in [-0.39, 0.29) is 5.82 Å². The van der Waals surface area contributed by atoms with Crippen molar-refractivity contribution >= 4 is 22.6 Å². The highest BCUT2D eigenvalue weighted by molar-refractivity contribution is 7.15. The van der Waals surface area contributed by atoms with E-state index in [2.05, 4.69) is 4.98 Å². The number of carbonyl (C=O) groups is 1. The number of carbonyl (C=O) groups excluding carboxylic acids is 1.